The summed E-state index contributed by atoms with van der Waals surface area (Å²) in [6, 6.07) is 8.80. The molecule has 34 heavy (non-hydrogen) atoms. The van der Waals surface area contributed by atoms with Crippen LogP contribution in [0.4, 0.5) is 14.6 Å². The molecule has 3 aromatic rings. The lowest BCUT2D eigenvalue weighted by molar-refractivity contribution is 0.487. The van der Waals surface area contributed by atoms with Crippen LogP contribution in [0.3, 0.4) is 0 Å². The topological polar surface area (TPSA) is 80.3 Å². The summed E-state index contributed by atoms with van der Waals surface area (Å²) < 4.78 is 30.4. The van der Waals surface area contributed by atoms with E-state index in [1.807, 2.05) is 0 Å². The van der Waals surface area contributed by atoms with Crippen molar-refractivity contribution in [1.82, 2.24) is 20.2 Å². The molecule has 1 aromatic heterocycles. The van der Waals surface area contributed by atoms with Gasteiger partial charge in [0.1, 0.15) is 34.8 Å². The van der Waals surface area contributed by atoms with Gasteiger partial charge in [0, 0.05) is 23.7 Å². The van der Waals surface area contributed by atoms with E-state index < -0.39 is 5.82 Å². The molecule has 10 heteroatoms. The van der Waals surface area contributed by atoms with E-state index in [1.54, 1.807) is 16.7 Å². The standard InChI is InChI=1S/C24H24Cl2F2N6/c1-14(31-11-16-9-17(25)5-6-19(16)27)32-12-21-23(29)34(13-15-7-8-30-10-15)24(33-21)22-18(26)3-2-4-20(22)28/h2-6,9,12,15,30-31H,1,7-8,10-11,13,29H2/b32-12-/t15-/m0/s1. The normalized spacial score (nSPS) is 15.8. The molecule has 4 rings (SSSR count). The van der Waals surface area contributed by atoms with E-state index in [0.717, 1.165) is 19.5 Å². The molecule has 1 aliphatic heterocycles. The van der Waals surface area contributed by atoms with Gasteiger partial charge in [0.05, 0.1) is 16.8 Å². The Hall–Kier alpha value is -2.94. The smallest absolute Gasteiger partial charge is 0.146 e. The number of imidazole rings is 1. The number of hydrogen-bond acceptors (Lipinski definition) is 5. The van der Waals surface area contributed by atoms with Crippen molar-refractivity contribution in [2.45, 2.75) is 19.5 Å². The van der Waals surface area contributed by atoms with Gasteiger partial charge in [-0.05, 0) is 55.8 Å². The van der Waals surface area contributed by atoms with Crippen LogP contribution in [-0.2, 0) is 13.1 Å². The van der Waals surface area contributed by atoms with E-state index in [4.69, 9.17) is 28.9 Å². The van der Waals surface area contributed by atoms with Crippen molar-refractivity contribution >= 4 is 35.2 Å². The summed E-state index contributed by atoms with van der Waals surface area (Å²) in [4.78, 5) is 8.82. The average molecular weight is 505 g/mol. The largest absolute Gasteiger partial charge is 0.383 e. The highest BCUT2D eigenvalue weighted by molar-refractivity contribution is 6.33. The molecule has 1 aliphatic rings. The molecule has 2 aromatic carbocycles. The van der Waals surface area contributed by atoms with Crippen molar-refractivity contribution < 1.29 is 8.78 Å². The summed E-state index contributed by atoms with van der Waals surface area (Å²) in [6.45, 7) is 6.31. The fourth-order valence-electron chi connectivity index (χ4n) is 3.86. The zero-order valence-corrected chi connectivity index (χ0v) is 19.8. The lowest BCUT2D eigenvalue weighted by Gasteiger charge is -2.15. The van der Waals surface area contributed by atoms with E-state index in [1.165, 1.54) is 30.5 Å². The Balaban J connectivity index is 1.58. The van der Waals surface area contributed by atoms with Crippen LogP contribution in [0.1, 0.15) is 17.7 Å². The van der Waals surface area contributed by atoms with Gasteiger partial charge in [-0.3, -0.25) is 0 Å². The fraction of sp³-hybridized carbons (Fsp3) is 0.250. The first-order valence-electron chi connectivity index (χ1n) is 10.8. The van der Waals surface area contributed by atoms with Crippen LogP contribution >= 0.6 is 23.2 Å². The van der Waals surface area contributed by atoms with Crippen molar-refractivity contribution in [2.75, 3.05) is 18.8 Å². The van der Waals surface area contributed by atoms with Gasteiger partial charge in [0.15, 0.2) is 0 Å². The van der Waals surface area contributed by atoms with Gasteiger partial charge < -0.3 is 20.9 Å². The molecule has 6 nitrogen and oxygen atoms in total. The first-order chi connectivity index (χ1) is 16.3. The van der Waals surface area contributed by atoms with Gasteiger partial charge in [0.25, 0.3) is 0 Å². The first kappa shape index (κ1) is 24.2. The van der Waals surface area contributed by atoms with E-state index in [-0.39, 0.29) is 28.8 Å². The number of aromatic nitrogens is 2. The third-order valence-electron chi connectivity index (χ3n) is 5.66. The molecule has 178 valence electrons. The highest BCUT2D eigenvalue weighted by Gasteiger charge is 2.24. The van der Waals surface area contributed by atoms with Crippen LogP contribution in [-0.4, -0.2) is 28.9 Å². The Morgan fingerprint density at radius 2 is 2.12 bits per heavy atom. The van der Waals surface area contributed by atoms with Gasteiger partial charge in [0.2, 0.25) is 0 Å². The van der Waals surface area contributed by atoms with Crippen molar-refractivity contribution in [3.05, 3.63) is 81.7 Å². The SMILES string of the molecule is C=C(/N=C\c1nc(-c2c(F)cccc2Cl)n(C[C@H]2CCNC2)c1N)NCc1cc(Cl)ccc1F. The highest BCUT2D eigenvalue weighted by Crippen LogP contribution is 2.33. The maximum atomic E-state index is 14.7. The second-order valence-electron chi connectivity index (χ2n) is 8.07. The molecule has 1 atom stereocenters. The van der Waals surface area contributed by atoms with Crippen LogP contribution in [0, 0.1) is 17.6 Å². The van der Waals surface area contributed by atoms with Crippen LogP contribution < -0.4 is 16.4 Å². The number of nitrogen functional groups attached to an aromatic ring is 1. The van der Waals surface area contributed by atoms with Crippen molar-refractivity contribution in [1.29, 1.82) is 0 Å². The summed E-state index contributed by atoms with van der Waals surface area (Å²) in [5.74, 6) is 0.423. The monoisotopic (exact) mass is 504 g/mol. The van der Waals surface area contributed by atoms with Gasteiger partial charge in [-0.15, -0.1) is 0 Å². The number of nitrogens with zero attached hydrogens (tertiary/aromatic N) is 3. The molecule has 1 fully saturated rings. The van der Waals surface area contributed by atoms with E-state index in [2.05, 4.69) is 27.2 Å². The molecular weight excluding hydrogens is 481 g/mol. The molecule has 2 heterocycles. The molecule has 0 aliphatic carbocycles. The summed E-state index contributed by atoms with van der Waals surface area (Å²) in [5.41, 5.74) is 7.35. The fourth-order valence-corrected chi connectivity index (χ4v) is 4.30. The Morgan fingerprint density at radius 3 is 2.85 bits per heavy atom. The van der Waals surface area contributed by atoms with Crippen LogP contribution in [0.5, 0.6) is 0 Å². The van der Waals surface area contributed by atoms with Gasteiger partial charge >= 0.3 is 0 Å². The molecule has 0 amide bonds. The van der Waals surface area contributed by atoms with Crippen LogP contribution in [0.15, 0.2) is 53.8 Å². The van der Waals surface area contributed by atoms with Crippen molar-refractivity contribution in [2.24, 2.45) is 10.9 Å². The number of nitrogens with two attached hydrogens (primary N) is 1. The van der Waals surface area contributed by atoms with Crippen molar-refractivity contribution in [3.63, 3.8) is 0 Å². The minimum absolute atomic E-state index is 0.150. The minimum atomic E-state index is -0.485. The number of hydrogen-bond donors (Lipinski definition) is 3. The second kappa shape index (κ2) is 10.5. The van der Waals surface area contributed by atoms with Crippen LogP contribution in [0.25, 0.3) is 11.4 Å². The number of nitrogens with one attached hydrogen (secondary N) is 2. The van der Waals surface area contributed by atoms with Gasteiger partial charge in [-0.1, -0.05) is 35.8 Å². The molecule has 0 bridgehead atoms. The molecule has 4 N–H and O–H groups in total. The van der Waals surface area contributed by atoms with E-state index in [0.29, 0.717) is 40.4 Å². The predicted molar refractivity (Wildman–Crippen MR) is 133 cm³/mol. The zero-order chi connectivity index (χ0) is 24.2. The van der Waals surface area contributed by atoms with Crippen LogP contribution in [0.2, 0.25) is 10.0 Å². The third kappa shape index (κ3) is 5.41. The summed E-state index contributed by atoms with van der Waals surface area (Å²) >= 11 is 12.3. The van der Waals surface area contributed by atoms with Gasteiger partial charge in [-0.2, -0.15) is 0 Å². The number of rotatable bonds is 8. The van der Waals surface area contributed by atoms with E-state index in [9.17, 15) is 8.78 Å². The molecular formula is C24H24Cl2F2N6. The quantitative estimate of drug-likeness (QED) is 0.376. The average Bonchev–Trinajstić information content (AvgIpc) is 3.42. The lowest BCUT2D eigenvalue weighted by Crippen LogP contribution is -2.17. The number of halogens is 4. The Labute approximate surface area is 206 Å². The molecule has 0 spiro atoms. The maximum absolute atomic E-state index is 14.7. The number of anilines is 1. The summed E-state index contributed by atoms with van der Waals surface area (Å²) in [7, 11) is 0. The molecule has 0 saturated carbocycles. The molecule has 1 saturated heterocycles. The lowest BCUT2D eigenvalue weighted by atomic mass is 10.1. The predicted octanol–water partition coefficient (Wildman–Crippen LogP) is 5.01. The third-order valence-corrected chi connectivity index (χ3v) is 6.21. The Morgan fingerprint density at radius 1 is 1.29 bits per heavy atom. The molecule has 0 radical (unpaired) electrons. The molecule has 0 unspecified atom stereocenters. The number of benzene rings is 2. The Kier molecular flexibility index (Phi) is 7.50. The maximum Gasteiger partial charge on any atom is 0.146 e. The van der Waals surface area contributed by atoms with E-state index >= 15 is 0 Å². The zero-order valence-electron chi connectivity index (χ0n) is 18.3. The summed E-state index contributed by atoms with van der Waals surface area (Å²) in [6.07, 6.45) is 2.42. The minimum Gasteiger partial charge on any atom is -0.383 e. The Bertz CT molecular complexity index is 1210. The second-order valence-corrected chi connectivity index (χ2v) is 8.91. The van der Waals surface area contributed by atoms with Crippen molar-refractivity contribution in [3.8, 4) is 11.4 Å². The number of aliphatic imine (C=N–C) groups is 1. The highest BCUT2D eigenvalue weighted by atomic mass is 35.5. The first-order valence-corrected chi connectivity index (χ1v) is 11.5. The summed E-state index contributed by atoms with van der Waals surface area (Å²) in [5, 5.41) is 6.93. The van der Waals surface area contributed by atoms with Gasteiger partial charge in [-0.25, -0.2) is 18.8 Å².